The molecule has 2 N–H and O–H groups in total. The van der Waals surface area contributed by atoms with Gasteiger partial charge in [0.2, 0.25) is 0 Å². The van der Waals surface area contributed by atoms with E-state index in [4.69, 9.17) is 19.9 Å². The predicted octanol–water partition coefficient (Wildman–Crippen LogP) is 6.77. The fourth-order valence-electron chi connectivity index (χ4n) is 8.23. The fraction of sp³-hybridized carbons (Fsp3) is 0.605. The van der Waals surface area contributed by atoms with Crippen LogP contribution in [-0.2, 0) is 25.5 Å². The fourth-order valence-corrected chi connectivity index (χ4v) is 8.23. The third-order valence-corrected chi connectivity index (χ3v) is 11.4. The van der Waals surface area contributed by atoms with E-state index in [0.717, 1.165) is 42.6 Å². The zero-order chi connectivity index (χ0) is 41.9. The summed E-state index contributed by atoms with van der Waals surface area (Å²) in [6, 6.07) is 9.99. The number of rotatable bonds is 11. The highest BCUT2D eigenvalue weighted by atomic mass is 19.1. The Kier molecular flexibility index (Phi) is 15.9. The summed E-state index contributed by atoms with van der Waals surface area (Å²) in [5, 5.41) is 0. The number of methoxy groups -OCH3 is 2. The van der Waals surface area contributed by atoms with Gasteiger partial charge >= 0.3 is 6.09 Å². The Hall–Kier alpha value is -4.34. The molecule has 0 aromatic carbocycles. The normalized spacial score (nSPS) is 19.2. The molecule has 0 spiro atoms. The average Bonchev–Trinajstić information content (AvgIpc) is 3.20. The molecule has 3 saturated heterocycles. The molecule has 0 saturated carbocycles. The Morgan fingerprint density at radius 3 is 1.72 bits per heavy atom. The number of likely N-dealkylation sites (tertiary alicyclic amines) is 3. The molecule has 15 heteroatoms. The van der Waals surface area contributed by atoms with Crippen molar-refractivity contribution in [2.75, 3.05) is 72.4 Å². The van der Waals surface area contributed by atoms with Crippen LogP contribution in [0.15, 0.2) is 55.0 Å². The van der Waals surface area contributed by atoms with Crippen molar-refractivity contribution in [3.63, 3.8) is 0 Å². The molecule has 58 heavy (non-hydrogen) atoms. The Labute approximate surface area is 340 Å². The first kappa shape index (κ1) is 44.8. The second-order valence-corrected chi connectivity index (χ2v) is 16.7. The van der Waals surface area contributed by atoms with Gasteiger partial charge in [-0.3, -0.25) is 19.7 Å². The van der Waals surface area contributed by atoms with E-state index >= 15 is 4.39 Å². The highest BCUT2D eigenvalue weighted by Gasteiger charge is 2.45. The van der Waals surface area contributed by atoms with Gasteiger partial charge in [0.25, 0.3) is 5.91 Å². The van der Waals surface area contributed by atoms with Crippen LogP contribution in [0.2, 0.25) is 0 Å². The summed E-state index contributed by atoms with van der Waals surface area (Å²) in [7, 11) is 3.30. The maximum absolute atomic E-state index is 15.7. The van der Waals surface area contributed by atoms with Gasteiger partial charge in [0, 0.05) is 102 Å². The maximum Gasteiger partial charge on any atom is 0.410 e. The van der Waals surface area contributed by atoms with Crippen LogP contribution in [0.1, 0.15) is 88.1 Å². The van der Waals surface area contributed by atoms with Gasteiger partial charge in [-0.05, 0) is 100 Å². The minimum absolute atomic E-state index is 0.0210. The quantitative estimate of drug-likeness (QED) is 0.221. The number of hydrogen-bond acceptors (Lipinski definition) is 10. The van der Waals surface area contributed by atoms with E-state index in [9.17, 15) is 18.4 Å². The zero-order valence-electron chi connectivity index (χ0n) is 34.5. The highest BCUT2D eigenvalue weighted by Crippen LogP contribution is 2.36. The lowest BCUT2D eigenvalue weighted by Gasteiger charge is -2.41. The van der Waals surface area contributed by atoms with Crippen molar-refractivity contribution in [2.24, 2.45) is 11.8 Å². The van der Waals surface area contributed by atoms with Crippen molar-refractivity contribution in [1.82, 2.24) is 29.7 Å². The lowest BCUT2D eigenvalue weighted by atomic mass is 9.81. The van der Waals surface area contributed by atoms with E-state index in [1.165, 1.54) is 24.5 Å². The summed E-state index contributed by atoms with van der Waals surface area (Å²) >= 11 is 0. The topological polar surface area (TPSA) is 136 Å². The van der Waals surface area contributed by atoms with Crippen LogP contribution in [-0.4, -0.2) is 120 Å². The third kappa shape index (κ3) is 12.6. The second kappa shape index (κ2) is 20.6. The van der Waals surface area contributed by atoms with Crippen LogP contribution < -0.4 is 5.73 Å². The predicted molar refractivity (Wildman–Crippen MR) is 214 cm³/mol. The second-order valence-electron chi connectivity index (χ2n) is 16.7. The number of carbonyl (C=O) groups is 2. The molecule has 3 aromatic rings. The molecule has 0 radical (unpaired) electrons. The molecule has 0 bridgehead atoms. The summed E-state index contributed by atoms with van der Waals surface area (Å²) in [6.07, 6.45) is 7.45. The van der Waals surface area contributed by atoms with Crippen molar-refractivity contribution < 1.29 is 37.0 Å². The SMILES string of the molecule is COCC(c1ccc(F)cn1)C1CCN(C(=O)C2(F)CCN(Cc3ccnc(N)c3)CC2)CC1.COCC(c1ccc(F)cn1)C1CCN(C(=O)OC(C)(C)C)CC1. The highest BCUT2D eigenvalue weighted by molar-refractivity contribution is 5.85. The van der Waals surface area contributed by atoms with Crippen LogP contribution >= 0.6 is 0 Å². The molecule has 318 valence electrons. The van der Waals surface area contributed by atoms with E-state index < -0.39 is 11.3 Å². The summed E-state index contributed by atoms with van der Waals surface area (Å²) in [4.78, 5) is 43.3. The van der Waals surface area contributed by atoms with Gasteiger partial charge in [-0.15, -0.1) is 0 Å². The molecule has 3 fully saturated rings. The van der Waals surface area contributed by atoms with Crippen molar-refractivity contribution in [1.29, 1.82) is 0 Å². The van der Waals surface area contributed by atoms with E-state index in [-0.39, 0.29) is 54.2 Å². The van der Waals surface area contributed by atoms with E-state index in [1.54, 1.807) is 42.3 Å². The van der Waals surface area contributed by atoms with Gasteiger partial charge in [0.15, 0.2) is 5.67 Å². The van der Waals surface area contributed by atoms with Crippen LogP contribution in [0.3, 0.4) is 0 Å². The van der Waals surface area contributed by atoms with Gasteiger partial charge in [0.1, 0.15) is 23.1 Å². The number of anilines is 1. The lowest BCUT2D eigenvalue weighted by Crippen LogP contribution is -2.54. The largest absolute Gasteiger partial charge is 0.444 e. The molecule has 3 aliphatic heterocycles. The molecule has 12 nitrogen and oxygen atoms in total. The number of nitrogen functional groups attached to an aromatic ring is 1. The third-order valence-electron chi connectivity index (χ3n) is 11.4. The Bertz CT molecular complexity index is 1740. The summed E-state index contributed by atoms with van der Waals surface area (Å²) in [5.41, 5.74) is 6.12. The Morgan fingerprint density at radius 2 is 1.29 bits per heavy atom. The number of carbonyl (C=O) groups excluding carboxylic acids is 2. The van der Waals surface area contributed by atoms with Crippen molar-refractivity contribution in [2.45, 2.75) is 88.9 Å². The molecule has 3 aliphatic rings. The smallest absolute Gasteiger partial charge is 0.410 e. The molecule has 0 aliphatic carbocycles. The number of pyridine rings is 3. The van der Waals surface area contributed by atoms with Gasteiger partial charge in [0.05, 0.1) is 25.6 Å². The molecular formula is C43H60F3N7O5. The number of alkyl halides is 1. The average molecular weight is 812 g/mol. The molecule has 2 amide bonds. The number of hydrogen-bond donors (Lipinski definition) is 1. The Balaban J connectivity index is 0.000000235. The molecule has 6 heterocycles. The summed E-state index contributed by atoms with van der Waals surface area (Å²) < 4.78 is 58.3. The van der Waals surface area contributed by atoms with Crippen molar-refractivity contribution in [3.8, 4) is 0 Å². The minimum atomic E-state index is -1.81. The lowest BCUT2D eigenvalue weighted by molar-refractivity contribution is -0.149. The van der Waals surface area contributed by atoms with Crippen LogP contribution in [0.4, 0.5) is 23.8 Å². The molecule has 3 aromatic heterocycles. The van der Waals surface area contributed by atoms with Crippen LogP contribution in [0.25, 0.3) is 0 Å². The minimum Gasteiger partial charge on any atom is -0.444 e. The van der Waals surface area contributed by atoms with E-state index in [1.807, 2.05) is 32.9 Å². The molecule has 6 rings (SSSR count). The van der Waals surface area contributed by atoms with E-state index in [0.29, 0.717) is 70.8 Å². The Morgan fingerprint density at radius 1 is 0.793 bits per heavy atom. The zero-order valence-corrected chi connectivity index (χ0v) is 34.5. The first-order valence-electron chi connectivity index (χ1n) is 20.3. The standard InChI is InChI=1S/C25H33F2N5O2.C18H27FN2O3/c1-34-17-21(22-3-2-20(26)15-30-22)19-5-10-32(11-6-19)24(33)25(27)7-12-31(13-8-25)16-18-4-9-29-23(28)14-18;1-18(2,3)24-17(22)21-9-7-13(8-10-21)15(12-23-4)16-6-5-14(19)11-20-16/h2-4,9,14-15,19,21H,5-8,10-13,16-17H2,1H3,(H2,28,29);5-6,11,13,15H,7-10,12H2,1-4H3. The number of nitrogens with two attached hydrogens (primary N) is 1. The number of halogens is 3. The number of aromatic nitrogens is 3. The monoisotopic (exact) mass is 811 g/mol. The summed E-state index contributed by atoms with van der Waals surface area (Å²) in [5.74, 6) is 0.0924. The van der Waals surface area contributed by atoms with E-state index in [2.05, 4.69) is 19.9 Å². The maximum atomic E-state index is 15.7. The molecule has 2 atom stereocenters. The van der Waals surface area contributed by atoms with Gasteiger partial charge in [-0.1, -0.05) is 0 Å². The molecule has 2 unspecified atom stereocenters. The number of nitrogens with zero attached hydrogens (tertiary/aromatic N) is 6. The van der Waals surface area contributed by atoms with Gasteiger partial charge < -0.3 is 29.7 Å². The van der Waals surface area contributed by atoms with Gasteiger partial charge in [-0.25, -0.2) is 22.9 Å². The van der Waals surface area contributed by atoms with Crippen LogP contribution in [0, 0.1) is 23.5 Å². The van der Waals surface area contributed by atoms with Gasteiger partial charge in [-0.2, -0.15) is 0 Å². The number of ether oxygens (including phenoxy) is 3. The first-order chi connectivity index (χ1) is 27.7. The molecular weight excluding hydrogens is 752 g/mol. The van der Waals surface area contributed by atoms with Crippen LogP contribution in [0.5, 0.6) is 0 Å². The first-order valence-corrected chi connectivity index (χ1v) is 20.3. The van der Waals surface area contributed by atoms with Crippen molar-refractivity contribution in [3.05, 3.63) is 83.6 Å². The number of amides is 2. The number of piperidine rings is 3. The summed E-state index contributed by atoms with van der Waals surface area (Å²) in [6.45, 7) is 10.7. The van der Waals surface area contributed by atoms with Crippen molar-refractivity contribution >= 4 is 17.8 Å².